The maximum atomic E-state index is 5.27. The standard InChI is InChI=1S/C21H24N4O/c1-16(2)25(14-17-8-5-4-6-9-17)21-13-20(22-15-23-21)24-18-10-7-11-19(12-18)26-3/h4-13,15-16H,14H2,1-3H3,(H,22,23,24). The molecule has 0 spiro atoms. The van der Waals surface area contributed by atoms with E-state index in [1.807, 2.05) is 36.4 Å². The van der Waals surface area contributed by atoms with E-state index in [2.05, 4.69) is 58.3 Å². The third kappa shape index (κ3) is 4.51. The van der Waals surface area contributed by atoms with Gasteiger partial charge in [-0.15, -0.1) is 0 Å². The van der Waals surface area contributed by atoms with E-state index in [-0.39, 0.29) is 0 Å². The summed E-state index contributed by atoms with van der Waals surface area (Å²) in [5.74, 6) is 2.45. The minimum Gasteiger partial charge on any atom is -0.497 e. The lowest BCUT2D eigenvalue weighted by atomic mass is 10.2. The summed E-state index contributed by atoms with van der Waals surface area (Å²) >= 11 is 0. The first-order valence-electron chi connectivity index (χ1n) is 8.69. The highest BCUT2D eigenvalue weighted by molar-refractivity contribution is 5.61. The summed E-state index contributed by atoms with van der Waals surface area (Å²) in [4.78, 5) is 11.1. The Morgan fingerprint density at radius 3 is 2.54 bits per heavy atom. The van der Waals surface area contributed by atoms with Gasteiger partial charge in [0, 0.05) is 30.4 Å². The minimum atomic E-state index is 0.315. The van der Waals surface area contributed by atoms with Gasteiger partial charge in [0.25, 0.3) is 0 Å². The molecule has 0 aliphatic rings. The van der Waals surface area contributed by atoms with Gasteiger partial charge in [-0.25, -0.2) is 9.97 Å². The Labute approximate surface area is 154 Å². The van der Waals surface area contributed by atoms with Crippen molar-refractivity contribution in [3.63, 3.8) is 0 Å². The highest BCUT2D eigenvalue weighted by Crippen LogP contribution is 2.23. The molecule has 0 unspecified atom stereocenters. The van der Waals surface area contributed by atoms with Crippen molar-refractivity contribution in [3.05, 3.63) is 72.6 Å². The average Bonchev–Trinajstić information content (AvgIpc) is 2.67. The lowest BCUT2D eigenvalue weighted by Crippen LogP contribution is -2.31. The first kappa shape index (κ1) is 17.7. The number of methoxy groups -OCH3 is 1. The van der Waals surface area contributed by atoms with Gasteiger partial charge in [-0.05, 0) is 31.5 Å². The summed E-state index contributed by atoms with van der Waals surface area (Å²) in [5, 5.41) is 3.32. The Bertz CT molecular complexity index is 836. The van der Waals surface area contributed by atoms with Crippen LogP contribution in [-0.2, 0) is 6.54 Å². The maximum Gasteiger partial charge on any atom is 0.135 e. The average molecular weight is 348 g/mol. The second kappa shape index (κ2) is 8.34. The smallest absolute Gasteiger partial charge is 0.135 e. The lowest BCUT2D eigenvalue weighted by Gasteiger charge is -2.28. The molecule has 3 rings (SSSR count). The Morgan fingerprint density at radius 1 is 1.00 bits per heavy atom. The number of aromatic nitrogens is 2. The number of hydrogen-bond acceptors (Lipinski definition) is 5. The molecule has 5 nitrogen and oxygen atoms in total. The quantitative estimate of drug-likeness (QED) is 0.674. The van der Waals surface area contributed by atoms with Gasteiger partial charge in [-0.1, -0.05) is 36.4 Å². The lowest BCUT2D eigenvalue weighted by molar-refractivity contribution is 0.415. The number of benzene rings is 2. The maximum absolute atomic E-state index is 5.27. The van der Waals surface area contributed by atoms with Crippen LogP contribution in [0.15, 0.2) is 67.0 Å². The normalized spacial score (nSPS) is 10.6. The third-order valence-electron chi connectivity index (χ3n) is 4.11. The highest BCUT2D eigenvalue weighted by Gasteiger charge is 2.13. The van der Waals surface area contributed by atoms with Crippen LogP contribution in [0.25, 0.3) is 0 Å². The van der Waals surface area contributed by atoms with E-state index in [9.17, 15) is 0 Å². The summed E-state index contributed by atoms with van der Waals surface area (Å²) < 4.78 is 5.27. The molecule has 0 amide bonds. The Hall–Kier alpha value is -3.08. The zero-order valence-electron chi connectivity index (χ0n) is 15.4. The van der Waals surface area contributed by atoms with Crippen molar-refractivity contribution in [3.8, 4) is 5.75 Å². The highest BCUT2D eigenvalue weighted by atomic mass is 16.5. The van der Waals surface area contributed by atoms with E-state index in [4.69, 9.17) is 4.74 Å². The molecule has 0 saturated carbocycles. The van der Waals surface area contributed by atoms with Gasteiger partial charge in [0.1, 0.15) is 23.7 Å². The summed E-state index contributed by atoms with van der Waals surface area (Å²) in [6.45, 7) is 5.13. The molecule has 2 aromatic carbocycles. The molecule has 0 aliphatic heterocycles. The number of nitrogens with zero attached hydrogens (tertiary/aromatic N) is 3. The molecule has 1 N–H and O–H groups in total. The van der Waals surface area contributed by atoms with Crippen LogP contribution in [-0.4, -0.2) is 23.1 Å². The van der Waals surface area contributed by atoms with Crippen molar-refractivity contribution >= 4 is 17.3 Å². The van der Waals surface area contributed by atoms with Gasteiger partial charge in [-0.3, -0.25) is 0 Å². The Kier molecular flexibility index (Phi) is 5.69. The van der Waals surface area contributed by atoms with E-state index >= 15 is 0 Å². The SMILES string of the molecule is COc1cccc(Nc2cc(N(Cc3ccccc3)C(C)C)ncn2)c1. The van der Waals surface area contributed by atoms with Crippen molar-refractivity contribution in [1.82, 2.24) is 9.97 Å². The molecular weight excluding hydrogens is 324 g/mol. The predicted octanol–water partition coefficient (Wildman–Crippen LogP) is 4.64. The fourth-order valence-electron chi connectivity index (χ4n) is 2.73. The number of hydrogen-bond donors (Lipinski definition) is 1. The van der Waals surface area contributed by atoms with Crippen LogP contribution in [0.1, 0.15) is 19.4 Å². The first-order valence-corrected chi connectivity index (χ1v) is 8.69. The summed E-state index contributed by atoms with van der Waals surface area (Å²) in [7, 11) is 1.66. The van der Waals surface area contributed by atoms with Crippen LogP contribution >= 0.6 is 0 Å². The van der Waals surface area contributed by atoms with Crippen molar-refractivity contribution in [2.75, 3.05) is 17.3 Å². The molecule has 0 saturated heterocycles. The molecule has 0 fully saturated rings. The van der Waals surface area contributed by atoms with Crippen LogP contribution < -0.4 is 15.0 Å². The zero-order chi connectivity index (χ0) is 18.4. The molecule has 0 aliphatic carbocycles. The van der Waals surface area contributed by atoms with Gasteiger partial charge in [0.2, 0.25) is 0 Å². The number of rotatable bonds is 7. The predicted molar refractivity (Wildman–Crippen MR) is 106 cm³/mol. The van der Waals surface area contributed by atoms with Crippen LogP contribution in [0.4, 0.5) is 17.3 Å². The third-order valence-corrected chi connectivity index (χ3v) is 4.11. The molecule has 1 aromatic heterocycles. The largest absolute Gasteiger partial charge is 0.497 e. The van der Waals surface area contributed by atoms with Gasteiger partial charge in [-0.2, -0.15) is 0 Å². The fraction of sp³-hybridized carbons (Fsp3) is 0.238. The Balaban J connectivity index is 1.81. The minimum absolute atomic E-state index is 0.315. The molecule has 0 bridgehead atoms. The fourth-order valence-corrected chi connectivity index (χ4v) is 2.73. The topological polar surface area (TPSA) is 50.3 Å². The molecular formula is C21H24N4O. The van der Waals surface area contributed by atoms with Crippen molar-refractivity contribution in [2.24, 2.45) is 0 Å². The summed E-state index contributed by atoms with van der Waals surface area (Å²) in [5.41, 5.74) is 2.18. The van der Waals surface area contributed by atoms with E-state index < -0.39 is 0 Å². The summed E-state index contributed by atoms with van der Waals surface area (Å²) in [6.07, 6.45) is 1.60. The van der Waals surface area contributed by atoms with Crippen molar-refractivity contribution in [2.45, 2.75) is 26.4 Å². The molecule has 5 heteroatoms. The molecule has 1 heterocycles. The van der Waals surface area contributed by atoms with E-state index in [0.29, 0.717) is 6.04 Å². The number of nitrogens with one attached hydrogen (secondary N) is 1. The Morgan fingerprint density at radius 2 is 1.81 bits per heavy atom. The van der Waals surface area contributed by atoms with Crippen LogP contribution in [0, 0.1) is 0 Å². The van der Waals surface area contributed by atoms with Crippen molar-refractivity contribution < 1.29 is 4.74 Å². The van der Waals surface area contributed by atoms with Gasteiger partial charge in [0.05, 0.1) is 7.11 Å². The van der Waals surface area contributed by atoms with Crippen molar-refractivity contribution in [1.29, 1.82) is 0 Å². The molecule has 0 atom stereocenters. The second-order valence-electron chi connectivity index (χ2n) is 6.33. The molecule has 134 valence electrons. The second-order valence-corrected chi connectivity index (χ2v) is 6.33. The molecule has 0 radical (unpaired) electrons. The number of anilines is 3. The van der Waals surface area contributed by atoms with Gasteiger partial charge < -0.3 is 15.0 Å². The van der Waals surface area contributed by atoms with E-state index in [1.165, 1.54) is 5.56 Å². The summed E-state index contributed by atoms with van der Waals surface area (Å²) in [6, 6.07) is 20.5. The van der Waals surface area contributed by atoms with Crippen LogP contribution in [0.3, 0.4) is 0 Å². The van der Waals surface area contributed by atoms with E-state index in [1.54, 1.807) is 13.4 Å². The zero-order valence-corrected chi connectivity index (χ0v) is 15.4. The van der Waals surface area contributed by atoms with Gasteiger partial charge >= 0.3 is 0 Å². The van der Waals surface area contributed by atoms with Gasteiger partial charge in [0.15, 0.2) is 0 Å². The number of ether oxygens (including phenoxy) is 1. The molecule has 26 heavy (non-hydrogen) atoms. The van der Waals surface area contributed by atoms with Crippen LogP contribution in [0.2, 0.25) is 0 Å². The first-order chi connectivity index (χ1) is 12.7. The van der Waals surface area contributed by atoms with Crippen LogP contribution in [0.5, 0.6) is 5.75 Å². The monoisotopic (exact) mass is 348 g/mol. The van der Waals surface area contributed by atoms with E-state index in [0.717, 1.165) is 29.6 Å². The molecule has 3 aromatic rings.